The first-order chi connectivity index (χ1) is 28.5. The predicted molar refractivity (Wildman–Crippen MR) is 210 cm³/mol. The molecule has 4 aliphatic rings. The van der Waals surface area contributed by atoms with E-state index in [9.17, 15) is 37.5 Å². The molecule has 6 unspecified atom stereocenters. The fourth-order valence-electron chi connectivity index (χ4n) is 8.78. The van der Waals surface area contributed by atoms with Crippen molar-refractivity contribution in [1.29, 1.82) is 0 Å². The van der Waals surface area contributed by atoms with Gasteiger partial charge in [0.2, 0.25) is 17.6 Å². The van der Waals surface area contributed by atoms with Gasteiger partial charge in [0.25, 0.3) is 11.8 Å². The molecular formula is C42H32Cl2F5N5O6. The van der Waals surface area contributed by atoms with E-state index in [1.54, 1.807) is 37.3 Å². The second kappa shape index (κ2) is 14.7. The van der Waals surface area contributed by atoms with Crippen molar-refractivity contribution < 1.29 is 51.0 Å². The lowest BCUT2D eigenvalue weighted by Gasteiger charge is -2.50. The number of allylic oxidation sites excluding steroid dienone is 2. The summed E-state index contributed by atoms with van der Waals surface area (Å²) >= 11 is 14.4. The van der Waals surface area contributed by atoms with Gasteiger partial charge in [0.1, 0.15) is 5.69 Å². The first kappa shape index (κ1) is 40.9. The van der Waals surface area contributed by atoms with Crippen molar-refractivity contribution >= 4 is 75.3 Å². The zero-order valence-corrected chi connectivity index (χ0v) is 33.2. The van der Waals surface area contributed by atoms with Gasteiger partial charge in [0.15, 0.2) is 44.5 Å². The van der Waals surface area contributed by atoms with E-state index in [1.165, 1.54) is 30.3 Å². The van der Waals surface area contributed by atoms with Crippen LogP contribution in [0.2, 0.25) is 0 Å². The Bertz CT molecular complexity index is 2550. The number of alkyl halides is 2. The maximum absolute atomic E-state index is 15.4. The number of phenolic OH excluding ortho intramolecular Hbond substituents is 1. The molecule has 0 bridgehead atoms. The average molecular weight is 869 g/mol. The number of nitrogens with zero attached hydrogens (tertiary/aromatic N) is 5. The first-order valence-corrected chi connectivity index (χ1v) is 19.3. The Morgan fingerprint density at radius 1 is 0.783 bits per heavy atom. The van der Waals surface area contributed by atoms with Crippen LogP contribution in [0, 0.1) is 46.8 Å². The highest BCUT2D eigenvalue weighted by atomic mass is 35.5. The summed E-state index contributed by atoms with van der Waals surface area (Å²) in [6.45, 7) is 1.69. The van der Waals surface area contributed by atoms with Gasteiger partial charge in [-0.3, -0.25) is 24.1 Å². The number of ether oxygens (including phenoxy) is 1. The normalized spacial score (nSPS) is 26.1. The number of anilines is 3. The molecule has 2 saturated heterocycles. The van der Waals surface area contributed by atoms with Crippen LogP contribution in [0.5, 0.6) is 11.5 Å². The summed E-state index contributed by atoms with van der Waals surface area (Å²) in [6.07, 6.45) is 0.845. The first-order valence-electron chi connectivity index (χ1n) is 18.6. The zero-order valence-electron chi connectivity index (χ0n) is 31.7. The quantitative estimate of drug-likeness (QED) is 0.0357. The molecule has 0 aromatic heterocycles. The second-order valence-corrected chi connectivity index (χ2v) is 16.2. The molecule has 310 valence electrons. The standard InChI is InChI=1S/C42H32Cl2F5N5O6/c1-4-60-28-17-19(5-16-27(28)55)30-24-14-15-25-29(38(57)53(37(25)56)23-12-8-21(9-13-23)51-50-20-6-10-22(11-7-20)52(2)3)26(24)18-41(43)39(58)54(40(59)42(30,41)44)36-34(48)32(46)31(45)33(47)35(36)49/h5-14,16-17,25-26,29-30,55H,4,15,18H2,1-3H3. The number of halogens is 7. The lowest BCUT2D eigenvalue weighted by molar-refractivity contribution is -0.125. The number of benzene rings is 4. The summed E-state index contributed by atoms with van der Waals surface area (Å²) in [5.74, 6) is -22.2. The van der Waals surface area contributed by atoms with Gasteiger partial charge in [0.05, 0.1) is 35.5 Å². The minimum Gasteiger partial charge on any atom is -0.504 e. The van der Waals surface area contributed by atoms with Gasteiger partial charge in [-0.05, 0) is 91.9 Å². The van der Waals surface area contributed by atoms with Gasteiger partial charge in [-0.15, -0.1) is 23.2 Å². The van der Waals surface area contributed by atoms with Crippen molar-refractivity contribution in [3.63, 3.8) is 0 Å². The summed E-state index contributed by atoms with van der Waals surface area (Å²) in [5.41, 5.74) is 0.611. The van der Waals surface area contributed by atoms with Crippen LogP contribution < -0.4 is 19.4 Å². The number of hydrogen-bond acceptors (Lipinski definition) is 9. The lowest BCUT2D eigenvalue weighted by atomic mass is 9.56. The molecule has 0 radical (unpaired) electrons. The monoisotopic (exact) mass is 867 g/mol. The molecule has 1 N–H and O–H groups in total. The van der Waals surface area contributed by atoms with Crippen molar-refractivity contribution in [3.05, 3.63) is 113 Å². The van der Waals surface area contributed by atoms with Crippen molar-refractivity contribution in [2.24, 2.45) is 28.0 Å². The fourth-order valence-corrected chi connectivity index (χ4v) is 9.71. The third-order valence-electron chi connectivity index (χ3n) is 11.6. The van der Waals surface area contributed by atoms with Gasteiger partial charge < -0.3 is 14.7 Å². The second-order valence-electron chi connectivity index (χ2n) is 15.0. The largest absolute Gasteiger partial charge is 0.504 e. The molecule has 11 nitrogen and oxygen atoms in total. The summed E-state index contributed by atoms with van der Waals surface area (Å²) < 4.78 is 79.6. The van der Waals surface area contributed by atoms with Crippen molar-refractivity contribution in [3.8, 4) is 11.5 Å². The van der Waals surface area contributed by atoms with Gasteiger partial charge in [-0.25, -0.2) is 26.9 Å². The number of azo groups is 1. The number of hydrogen-bond donors (Lipinski definition) is 1. The van der Waals surface area contributed by atoms with Crippen LogP contribution >= 0.6 is 23.2 Å². The average Bonchev–Trinajstić information content (AvgIpc) is 3.57. The van der Waals surface area contributed by atoms with E-state index < -0.39 is 98.2 Å². The molecule has 0 spiro atoms. The Hall–Kier alpha value is -5.87. The summed E-state index contributed by atoms with van der Waals surface area (Å²) in [5, 5.41) is 19.0. The minimum absolute atomic E-state index is 0.0604. The number of phenols is 1. The molecule has 2 heterocycles. The van der Waals surface area contributed by atoms with E-state index in [-0.39, 0.29) is 46.3 Å². The summed E-state index contributed by atoms with van der Waals surface area (Å²) in [4.78, 5) is 54.9. The van der Waals surface area contributed by atoms with Crippen molar-refractivity contribution in [1.82, 2.24) is 0 Å². The van der Waals surface area contributed by atoms with Gasteiger partial charge in [0, 0.05) is 25.7 Å². The molecule has 1 saturated carbocycles. The molecular weight excluding hydrogens is 836 g/mol. The van der Waals surface area contributed by atoms with E-state index in [4.69, 9.17) is 27.9 Å². The number of amides is 4. The van der Waals surface area contributed by atoms with Crippen molar-refractivity contribution in [2.45, 2.75) is 35.4 Å². The number of aromatic hydroxyl groups is 1. The number of fused-ring (bicyclic) bond motifs is 4. The number of imide groups is 2. The smallest absolute Gasteiger partial charge is 0.258 e. The van der Waals surface area contributed by atoms with Crippen LogP contribution in [-0.2, 0) is 19.2 Å². The van der Waals surface area contributed by atoms with Crippen molar-refractivity contribution in [2.75, 3.05) is 35.4 Å². The Balaban J connectivity index is 1.19. The predicted octanol–water partition coefficient (Wildman–Crippen LogP) is 8.74. The number of carbonyl (C=O) groups is 4. The van der Waals surface area contributed by atoms with Crippen LogP contribution in [0.15, 0.2) is 88.6 Å². The third-order valence-corrected chi connectivity index (χ3v) is 13.0. The molecule has 3 fully saturated rings. The van der Waals surface area contributed by atoms with E-state index in [0.717, 1.165) is 10.6 Å². The molecule has 60 heavy (non-hydrogen) atoms. The van der Waals surface area contributed by atoms with Crippen LogP contribution in [0.3, 0.4) is 0 Å². The Labute approximate surface area is 348 Å². The number of carbonyl (C=O) groups excluding carboxylic acids is 4. The SMILES string of the molecule is CCOc1cc(C2C3=CCC4C(=O)N(c5ccc(N=Nc6ccc(N(C)C)cc6)cc5)C(=O)C4C3CC3(Cl)C(=O)N(c4c(F)c(F)c(F)c(F)c4F)C(=O)C23Cl)ccc1O. The van der Waals surface area contributed by atoms with E-state index in [0.29, 0.717) is 11.4 Å². The van der Waals surface area contributed by atoms with Crippen LogP contribution in [0.25, 0.3) is 0 Å². The Kier molecular flexibility index (Phi) is 10.0. The number of rotatable bonds is 8. The molecule has 6 atom stereocenters. The zero-order chi connectivity index (χ0) is 43.2. The molecule has 2 aliphatic carbocycles. The van der Waals surface area contributed by atoms with E-state index in [2.05, 4.69) is 10.2 Å². The maximum Gasteiger partial charge on any atom is 0.258 e. The molecule has 4 aromatic carbocycles. The maximum atomic E-state index is 15.4. The van der Waals surface area contributed by atoms with Gasteiger partial charge in [-0.2, -0.15) is 10.2 Å². The highest BCUT2D eigenvalue weighted by Gasteiger charge is 2.77. The highest BCUT2D eigenvalue weighted by Crippen LogP contribution is 2.66. The van der Waals surface area contributed by atoms with E-state index in [1.807, 2.05) is 31.1 Å². The summed E-state index contributed by atoms with van der Waals surface area (Å²) in [6, 6.07) is 17.3. The third kappa shape index (κ3) is 5.89. The van der Waals surface area contributed by atoms with Gasteiger partial charge in [-0.1, -0.05) is 17.7 Å². The Morgan fingerprint density at radius 3 is 1.95 bits per heavy atom. The topological polar surface area (TPSA) is 132 Å². The highest BCUT2D eigenvalue weighted by molar-refractivity contribution is 6.58. The lowest BCUT2D eigenvalue weighted by Crippen LogP contribution is -2.60. The van der Waals surface area contributed by atoms with Crippen LogP contribution in [0.1, 0.15) is 31.2 Å². The molecule has 18 heteroatoms. The fraction of sp³-hybridized carbons (Fsp3) is 0.286. The molecule has 8 rings (SSSR count). The van der Waals surface area contributed by atoms with Crippen LogP contribution in [-0.4, -0.2) is 59.2 Å². The summed E-state index contributed by atoms with van der Waals surface area (Å²) in [7, 11) is 3.81. The minimum atomic E-state index is -2.73. The molecule has 2 aliphatic heterocycles. The van der Waals surface area contributed by atoms with Gasteiger partial charge >= 0.3 is 0 Å². The van der Waals surface area contributed by atoms with Crippen LogP contribution in [0.4, 0.5) is 50.4 Å². The molecule has 4 aromatic rings. The molecule has 4 amide bonds. The Morgan fingerprint density at radius 2 is 1.37 bits per heavy atom. The van der Waals surface area contributed by atoms with E-state index >= 15 is 8.78 Å².